The fourth-order valence-electron chi connectivity index (χ4n) is 2.87. The van der Waals surface area contributed by atoms with E-state index in [0.717, 1.165) is 17.7 Å². The molecule has 1 aliphatic heterocycles. The maximum Gasteiger partial charge on any atom is 0.250 e. The fourth-order valence-corrected chi connectivity index (χ4v) is 3.05. The summed E-state index contributed by atoms with van der Waals surface area (Å²) >= 11 is 6.09. The number of halogens is 1. The summed E-state index contributed by atoms with van der Waals surface area (Å²) in [6, 6.07) is 15.4. The summed E-state index contributed by atoms with van der Waals surface area (Å²) in [4.78, 5) is 12.4. The number of nitrogens with one attached hydrogen (secondary N) is 2. The Labute approximate surface area is 141 Å². The van der Waals surface area contributed by atoms with Gasteiger partial charge in [-0.1, -0.05) is 48.0 Å². The van der Waals surface area contributed by atoms with Crippen LogP contribution in [-0.4, -0.2) is 11.4 Å². The van der Waals surface area contributed by atoms with E-state index in [2.05, 4.69) is 30.5 Å². The molecule has 0 bridgehead atoms. The Morgan fingerprint density at radius 3 is 2.65 bits per heavy atom. The third-order valence-electron chi connectivity index (χ3n) is 3.82. The number of anilines is 1. The van der Waals surface area contributed by atoms with Gasteiger partial charge in [0.05, 0.1) is 10.7 Å². The molecule has 2 aromatic carbocycles. The molecule has 3 rings (SSSR count). The summed E-state index contributed by atoms with van der Waals surface area (Å²) in [5, 5.41) is 6.80. The predicted octanol–water partition coefficient (Wildman–Crippen LogP) is 4.24. The lowest BCUT2D eigenvalue weighted by Crippen LogP contribution is -2.44. The Hall–Kier alpha value is -2.26. The van der Waals surface area contributed by atoms with E-state index in [1.165, 1.54) is 5.56 Å². The quantitative estimate of drug-likeness (QED) is 0.810. The Morgan fingerprint density at radius 1 is 1.17 bits per heavy atom. The second-order valence-corrected chi connectivity index (χ2v) is 6.78. The lowest BCUT2D eigenvalue weighted by molar-refractivity contribution is -0.111. The third kappa shape index (κ3) is 3.57. The zero-order valence-corrected chi connectivity index (χ0v) is 13.9. The lowest BCUT2D eigenvalue weighted by atomic mass is 9.86. The van der Waals surface area contributed by atoms with Crippen LogP contribution >= 0.6 is 11.6 Å². The molecular weight excluding hydrogens is 308 g/mol. The molecule has 1 amide bonds. The average Bonchev–Trinajstić information content (AvgIpc) is 2.48. The van der Waals surface area contributed by atoms with Gasteiger partial charge < -0.3 is 10.6 Å². The first-order chi connectivity index (χ1) is 10.9. The molecule has 0 saturated carbocycles. The minimum Gasteiger partial charge on any atom is -0.379 e. The number of benzene rings is 2. The summed E-state index contributed by atoms with van der Waals surface area (Å²) < 4.78 is 0. The van der Waals surface area contributed by atoms with E-state index in [4.69, 9.17) is 11.6 Å². The maximum absolute atomic E-state index is 12.4. The van der Waals surface area contributed by atoms with Crippen LogP contribution in [0.1, 0.15) is 25.0 Å². The van der Waals surface area contributed by atoms with E-state index >= 15 is 0 Å². The first-order valence-electron chi connectivity index (χ1n) is 7.58. The highest BCUT2D eigenvalue weighted by molar-refractivity contribution is 6.33. The summed E-state index contributed by atoms with van der Waals surface area (Å²) in [5.74, 6) is -0.201. The number of hydrogen-bond acceptors (Lipinski definition) is 2. The number of hydrogen-bond donors (Lipinski definition) is 2. The number of fused-ring (bicyclic) bond motifs is 1. The van der Waals surface area contributed by atoms with Gasteiger partial charge in [0, 0.05) is 22.9 Å². The molecule has 0 unspecified atom stereocenters. The molecule has 23 heavy (non-hydrogen) atoms. The van der Waals surface area contributed by atoms with Crippen molar-refractivity contribution in [3.63, 3.8) is 0 Å². The van der Waals surface area contributed by atoms with Crippen LogP contribution in [-0.2, 0) is 11.2 Å². The summed E-state index contributed by atoms with van der Waals surface area (Å²) in [6.45, 7) is 4.26. The molecule has 0 fully saturated rings. The first-order valence-corrected chi connectivity index (χ1v) is 7.96. The smallest absolute Gasteiger partial charge is 0.250 e. The summed E-state index contributed by atoms with van der Waals surface area (Å²) in [5.41, 5.74) is 3.67. The van der Waals surface area contributed by atoms with E-state index in [9.17, 15) is 4.79 Å². The minimum atomic E-state index is -0.201. The van der Waals surface area contributed by atoms with Crippen molar-refractivity contribution >= 4 is 28.9 Å². The zero-order valence-electron chi connectivity index (χ0n) is 13.2. The number of carbonyl (C=O) groups is 1. The standard InChI is InChI=1S/C19H19ClN2O/c1-19(2)12-13-7-3-4-8-14(13)17(22-19)11-18(23)21-16-10-6-5-9-15(16)20/h3-11,22H,12H2,1-2H3,(H,21,23)/b17-11+. The van der Waals surface area contributed by atoms with E-state index in [0.29, 0.717) is 10.7 Å². The number of rotatable bonds is 2. The molecule has 0 aliphatic carbocycles. The zero-order chi connectivity index (χ0) is 16.4. The second-order valence-electron chi connectivity index (χ2n) is 6.37. The molecule has 3 nitrogen and oxygen atoms in total. The molecule has 1 heterocycles. The van der Waals surface area contributed by atoms with Gasteiger partial charge in [-0.25, -0.2) is 0 Å². The van der Waals surface area contributed by atoms with Crippen LogP contribution in [0.5, 0.6) is 0 Å². The van der Waals surface area contributed by atoms with Gasteiger partial charge >= 0.3 is 0 Å². The van der Waals surface area contributed by atoms with Crippen LogP contribution in [0, 0.1) is 0 Å². The van der Waals surface area contributed by atoms with Crippen molar-refractivity contribution < 1.29 is 4.79 Å². The monoisotopic (exact) mass is 326 g/mol. The minimum absolute atomic E-state index is 0.0924. The molecule has 4 heteroatoms. The highest BCUT2D eigenvalue weighted by Gasteiger charge is 2.27. The van der Waals surface area contributed by atoms with Gasteiger partial charge in [-0.2, -0.15) is 0 Å². The molecule has 0 atom stereocenters. The Balaban J connectivity index is 1.89. The molecular formula is C19H19ClN2O. The molecule has 0 radical (unpaired) electrons. The van der Waals surface area contributed by atoms with Gasteiger partial charge in [-0.15, -0.1) is 0 Å². The largest absolute Gasteiger partial charge is 0.379 e. The van der Waals surface area contributed by atoms with Crippen molar-refractivity contribution in [2.45, 2.75) is 25.8 Å². The Kier molecular flexibility index (Phi) is 4.14. The van der Waals surface area contributed by atoms with Crippen molar-refractivity contribution in [2.75, 3.05) is 5.32 Å². The van der Waals surface area contributed by atoms with Gasteiger partial charge in [0.15, 0.2) is 0 Å². The van der Waals surface area contributed by atoms with Gasteiger partial charge in [0.2, 0.25) is 0 Å². The molecule has 118 valence electrons. The van der Waals surface area contributed by atoms with Gasteiger partial charge in [-0.3, -0.25) is 4.79 Å². The number of carbonyl (C=O) groups excluding carboxylic acids is 1. The topological polar surface area (TPSA) is 41.1 Å². The first kappa shape index (κ1) is 15.6. The molecule has 2 N–H and O–H groups in total. The molecule has 0 spiro atoms. The van der Waals surface area contributed by atoms with E-state index in [1.807, 2.05) is 30.3 Å². The van der Waals surface area contributed by atoms with Crippen molar-refractivity contribution in [1.82, 2.24) is 5.32 Å². The maximum atomic E-state index is 12.4. The normalized spacial score (nSPS) is 17.3. The van der Waals surface area contributed by atoms with E-state index in [-0.39, 0.29) is 11.4 Å². The van der Waals surface area contributed by atoms with Crippen molar-refractivity contribution in [3.8, 4) is 0 Å². The van der Waals surface area contributed by atoms with Crippen LogP contribution in [0.3, 0.4) is 0 Å². The predicted molar refractivity (Wildman–Crippen MR) is 95.4 cm³/mol. The van der Waals surface area contributed by atoms with Crippen LogP contribution in [0.25, 0.3) is 5.70 Å². The van der Waals surface area contributed by atoms with Crippen molar-refractivity contribution in [3.05, 3.63) is 70.8 Å². The van der Waals surface area contributed by atoms with Crippen LogP contribution < -0.4 is 10.6 Å². The highest BCUT2D eigenvalue weighted by atomic mass is 35.5. The number of amides is 1. The Bertz CT molecular complexity index is 780. The SMILES string of the molecule is CC1(C)Cc2ccccc2/C(=C\C(=O)Nc2ccccc2Cl)N1. The van der Waals surface area contributed by atoms with Gasteiger partial charge in [-0.05, 0) is 38.0 Å². The van der Waals surface area contributed by atoms with Crippen molar-refractivity contribution in [2.24, 2.45) is 0 Å². The summed E-state index contributed by atoms with van der Waals surface area (Å²) in [7, 11) is 0. The highest BCUT2D eigenvalue weighted by Crippen LogP contribution is 2.29. The van der Waals surface area contributed by atoms with Crippen molar-refractivity contribution in [1.29, 1.82) is 0 Å². The van der Waals surface area contributed by atoms with Crippen LogP contribution in [0.4, 0.5) is 5.69 Å². The summed E-state index contributed by atoms with van der Waals surface area (Å²) in [6.07, 6.45) is 2.52. The van der Waals surface area contributed by atoms with Gasteiger partial charge in [0.1, 0.15) is 0 Å². The number of para-hydroxylation sites is 1. The lowest BCUT2D eigenvalue weighted by Gasteiger charge is -2.35. The van der Waals surface area contributed by atoms with Crippen LogP contribution in [0.15, 0.2) is 54.6 Å². The van der Waals surface area contributed by atoms with Crippen LogP contribution in [0.2, 0.25) is 5.02 Å². The average molecular weight is 327 g/mol. The second kappa shape index (κ2) is 6.09. The van der Waals surface area contributed by atoms with Gasteiger partial charge in [0.25, 0.3) is 5.91 Å². The van der Waals surface area contributed by atoms with E-state index < -0.39 is 0 Å². The molecule has 0 saturated heterocycles. The third-order valence-corrected chi connectivity index (χ3v) is 4.15. The van der Waals surface area contributed by atoms with E-state index in [1.54, 1.807) is 18.2 Å². The fraction of sp³-hybridized carbons (Fsp3) is 0.211. The molecule has 2 aromatic rings. The Morgan fingerprint density at radius 2 is 1.87 bits per heavy atom. The molecule has 1 aliphatic rings. The molecule has 0 aromatic heterocycles.